The van der Waals surface area contributed by atoms with Gasteiger partial charge in [0.15, 0.2) is 0 Å². The minimum atomic E-state index is -0.220. The molecule has 184 valence electrons. The van der Waals surface area contributed by atoms with Crippen LogP contribution in [-0.2, 0) is 9.53 Å². The highest BCUT2D eigenvalue weighted by atomic mass is 16.5. The van der Waals surface area contributed by atoms with Gasteiger partial charge in [-0.2, -0.15) is 0 Å². The van der Waals surface area contributed by atoms with E-state index < -0.39 is 0 Å². The van der Waals surface area contributed by atoms with Gasteiger partial charge in [0.05, 0.1) is 5.57 Å². The van der Waals surface area contributed by atoms with E-state index in [9.17, 15) is 4.79 Å². The SMILES string of the molecule is C=C/C=C\C(=C/C)C(=O)OC1CCC2(C)C(=CCC3C2CCC2(C)C(c4cccnc4)=CCC32)C1. The second kappa shape index (κ2) is 9.41. The van der Waals surface area contributed by atoms with Crippen LogP contribution in [0.5, 0.6) is 0 Å². The van der Waals surface area contributed by atoms with Crippen molar-refractivity contribution >= 4 is 11.5 Å². The number of carbonyl (C=O) groups is 1. The molecular weight excluding hydrogens is 430 g/mol. The van der Waals surface area contributed by atoms with Crippen LogP contribution in [0.2, 0.25) is 0 Å². The van der Waals surface area contributed by atoms with Crippen molar-refractivity contribution in [2.45, 2.75) is 71.8 Å². The third kappa shape index (κ3) is 4.07. The molecule has 2 fully saturated rings. The minimum absolute atomic E-state index is 0.0235. The predicted octanol–water partition coefficient (Wildman–Crippen LogP) is 7.64. The molecule has 0 bridgehead atoms. The molecule has 3 nitrogen and oxygen atoms in total. The summed E-state index contributed by atoms with van der Waals surface area (Å²) >= 11 is 0. The van der Waals surface area contributed by atoms with Crippen LogP contribution in [0.4, 0.5) is 0 Å². The van der Waals surface area contributed by atoms with Gasteiger partial charge in [-0.15, -0.1) is 0 Å². The van der Waals surface area contributed by atoms with Gasteiger partial charge >= 0.3 is 5.97 Å². The number of esters is 1. The third-order valence-corrected chi connectivity index (χ3v) is 9.84. The summed E-state index contributed by atoms with van der Waals surface area (Å²) < 4.78 is 5.97. The lowest BCUT2D eigenvalue weighted by Crippen LogP contribution is -2.50. The lowest BCUT2D eigenvalue weighted by atomic mass is 9.47. The third-order valence-electron chi connectivity index (χ3n) is 9.84. The van der Waals surface area contributed by atoms with Crippen molar-refractivity contribution in [1.82, 2.24) is 4.98 Å². The van der Waals surface area contributed by atoms with Crippen molar-refractivity contribution in [1.29, 1.82) is 0 Å². The number of ether oxygens (including phenoxy) is 1. The molecule has 4 aliphatic rings. The summed E-state index contributed by atoms with van der Waals surface area (Å²) in [4.78, 5) is 17.1. The van der Waals surface area contributed by atoms with E-state index in [2.05, 4.69) is 49.7 Å². The van der Waals surface area contributed by atoms with Crippen molar-refractivity contribution in [2.75, 3.05) is 0 Å². The van der Waals surface area contributed by atoms with E-state index in [1.54, 1.807) is 18.2 Å². The molecule has 6 atom stereocenters. The molecule has 0 N–H and O–H groups in total. The first-order chi connectivity index (χ1) is 16.9. The highest BCUT2D eigenvalue weighted by Crippen LogP contribution is 2.66. The topological polar surface area (TPSA) is 39.2 Å². The van der Waals surface area contributed by atoms with Gasteiger partial charge in [0.25, 0.3) is 0 Å². The second-order valence-corrected chi connectivity index (χ2v) is 11.4. The number of rotatable bonds is 5. The van der Waals surface area contributed by atoms with Gasteiger partial charge in [0.2, 0.25) is 0 Å². The lowest BCUT2D eigenvalue weighted by Gasteiger charge is -2.57. The highest BCUT2D eigenvalue weighted by molar-refractivity contribution is 5.91. The van der Waals surface area contributed by atoms with Crippen molar-refractivity contribution in [3.8, 4) is 0 Å². The Balaban J connectivity index is 1.31. The van der Waals surface area contributed by atoms with Gasteiger partial charge in [-0.1, -0.05) is 62.4 Å². The van der Waals surface area contributed by atoms with Crippen molar-refractivity contribution in [2.24, 2.45) is 28.6 Å². The van der Waals surface area contributed by atoms with Gasteiger partial charge in [-0.05, 0) is 97.3 Å². The number of nitrogens with zero attached hydrogens (tertiary/aromatic N) is 1. The van der Waals surface area contributed by atoms with Gasteiger partial charge in [-0.3, -0.25) is 4.98 Å². The molecule has 1 aromatic rings. The minimum Gasteiger partial charge on any atom is -0.458 e. The second-order valence-electron chi connectivity index (χ2n) is 11.4. The quantitative estimate of drug-likeness (QED) is 0.192. The van der Waals surface area contributed by atoms with E-state index in [0.29, 0.717) is 11.5 Å². The van der Waals surface area contributed by atoms with Crippen LogP contribution < -0.4 is 0 Å². The fourth-order valence-electron chi connectivity index (χ4n) is 7.94. The Morgan fingerprint density at radius 1 is 1.14 bits per heavy atom. The largest absolute Gasteiger partial charge is 0.458 e. The number of hydrogen-bond acceptors (Lipinski definition) is 3. The van der Waals surface area contributed by atoms with E-state index in [0.717, 1.165) is 37.5 Å². The number of carbonyl (C=O) groups excluding carboxylic acids is 1. The Labute approximate surface area is 210 Å². The Hall–Kier alpha value is -2.68. The Morgan fingerprint density at radius 2 is 1.97 bits per heavy atom. The molecule has 35 heavy (non-hydrogen) atoms. The number of fused-ring (bicyclic) bond motifs is 5. The molecule has 0 saturated heterocycles. The summed E-state index contributed by atoms with van der Waals surface area (Å²) in [5.74, 6) is 1.93. The zero-order valence-electron chi connectivity index (χ0n) is 21.5. The Bertz CT molecular complexity index is 1110. The summed E-state index contributed by atoms with van der Waals surface area (Å²) in [7, 11) is 0. The summed E-state index contributed by atoms with van der Waals surface area (Å²) in [6.45, 7) is 10.6. The van der Waals surface area contributed by atoms with Crippen LogP contribution in [0.1, 0.15) is 71.3 Å². The summed E-state index contributed by atoms with van der Waals surface area (Å²) in [5.41, 5.74) is 5.45. The first kappa shape index (κ1) is 24.0. The van der Waals surface area contributed by atoms with Crippen LogP contribution in [0.15, 0.2) is 78.7 Å². The van der Waals surface area contributed by atoms with Gasteiger partial charge in [-0.25, -0.2) is 4.79 Å². The van der Waals surface area contributed by atoms with E-state index in [1.165, 1.54) is 36.0 Å². The maximum absolute atomic E-state index is 12.7. The molecule has 0 amide bonds. The number of allylic oxidation sites excluding steroid dienone is 6. The van der Waals surface area contributed by atoms with Crippen molar-refractivity contribution < 1.29 is 9.53 Å². The summed E-state index contributed by atoms with van der Waals surface area (Å²) in [6, 6.07) is 4.29. The molecule has 4 aliphatic carbocycles. The molecule has 2 saturated carbocycles. The van der Waals surface area contributed by atoms with E-state index in [-0.39, 0.29) is 22.9 Å². The molecule has 0 aliphatic heterocycles. The van der Waals surface area contributed by atoms with E-state index in [1.807, 2.05) is 25.4 Å². The predicted molar refractivity (Wildman–Crippen MR) is 142 cm³/mol. The molecule has 1 heterocycles. The Kier molecular flexibility index (Phi) is 6.46. The van der Waals surface area contributed by atoms with Crippen LogP contribution >= 0.6 is 0 Å². The zero-order valence-corrected chi connectivity index (χ0v) is 21.5. The molecular formula is C32H39NO2. The molecule has 6 unspecified atom stereocenters. The number of aromatic nitrogens is 1. The van der Waals surface area contributed by atoms with E-state index >= 15 is 0 Å². The summed E-state index contributed by atoms with van der Waals surface area (Å²) in [5, 5.41) is 0. The highest BCUT2D eigenvalue weighted by Gasteiger charge is 2.57. The smallest absolute Gasteiger partial charge is 0.338 e. The first-order valence-corrected chi connectivity index (χ1v) is 13.4. The monoisotopic (exact) mass is 469 g/mol. The molecule has 1 aromatic heterocycles. The Morgan fingerprint density at radius 3 is 2.71 bits per heavy atom. The number of hydrogen-bond donors (Lipinski definition) is 0. The molecule has 3 heteroatoms. The maximum Gasteiger partial charge on any atom is 0.338 e. The summed E-state index contributed by atoms with van der Waals surface area (Å²) in [6.07, 6.45) is 23.8. The zero-order chi connectivity index (χ0) is 24.6. The molecule has 0 radical (unpaired) electrons. The van der Waals surface area contributed by atoms with Gasteiger partial charge in [0.1, 0.15) is 6.10 Å². The van der Waals surface area contributed by atoms with E-state index in [4.69, 9.17) is 4.74 Å². The van der Waals surface area contributed by atoms with Crippen LogP contribution in [0, 0.1) is 28.6 Å². The maximum atomic E-state index is 12.7. The molecule has 0 aromatic carbocycles. The fraction of sp³-hybridized carbons (Fsp3) is 0.500. The van der Waals surface area contributed by atoms with Gasteiger partial charge < -0.3 is 4.74 Å². The normalized spacial score (nSPS) is 36.5. The fourth-order valence-corrected chi connectivity index (χ4v) is 7.94. The van der Waals surface area contributed by atoms with Crippen LogP contribution in [0.25, 0.3) is 5.57 Å². The molecule has 0 spiro atoms. The van der Waals surface area contributed by atoms with Crippen molar-refractivity contribution in [3.63, 3.8) is 0 Å². The number of pyridine rings is 1. The first-order valence-electron chi connectivity index (χ1n) is 13.4. The molecule has 5 rings (SSSR count). The lowest BCUT2D eigenvalue weighted by molar-refractivity contribution is -0.146. The standard InChI is InChI=1S/C32H39NO2/c1-5-7-9-22(6-2)30(34)35-25-15-17-31(3)24(20-25)11-12-26-28-14-13-27(23-10-8-19-33-21-23)32(28,4)18-16-29(26)31/h5-11,13,19,21,25-26,28-29H,1,12,14-18,20H2,2-4H3/b9-7-,22-6+. The van der Waals surface area contributed by atoms with Crippen molar-refractivity contribution in [3.05, 3.63) is 84.3 Å². The van der Waals surface area contributed by atoms with Crippen LogP contribution in [-0.4, -0.2) is 17.1 Å². The van der Waals surface area contributed by atoms with Crippen LogP contribution in [0.3, 0.4) is 0 Å². The van der Waals surface area contributed by atoms with Gasteiger partial charge in [0, 0.05) is 18.8 Å². The average Bonchev–Trinajstić information content (AvgIpc) is 3.22. The average molecular weight is 470 g/mol.